The van der Waals surface area contributed by atoms with Crippen molar-refractivity contribution in [3.63, 3.8) is 0 Å². The van der Waals surface area contributed by atoms with Crippen molar-refractivity contribution >= 4 is 16.7 Å². The molecule has 1 saturated heterocycles. The van der Waals surface area contributed by atoms with E-state index in [0.717, 1.165) is 48.6 Å². The quantitative estimate of drug-likeness (QED) is 0.654. The van der Waals surface area contributed by atoms with Gasteiger partial charge in [-0.1, -0.05) is 29.1 Å². The van der Waals surface area contributed by atoms with Crippen LogP contribution in [0.1, 0.15) is 0 Å². The van der Waals surface area contributed by atoms with E-state index in [-0.39, 0.29) is 6.61 Å². The molecule has 3 aromatic rings. The molecule has 28 heavy (non-hydrogen) atoms. The summed E-state index contributed by atoms with van der Waals surface area (Å²) < 4.78 is 5.46. The van der Waals surface area contributed by atoms with Crippen molar-refractivity contribution in [1.82, 2.24) is 20.1 Å². The van der Waals surface area contributed by atoms with Crippen LogP contribution in [0.4, 0.5) is 5.69 Å². The molecule has 0 aliphatic carbocycles. The maximum absolute atomic E-state index is 10.4. The first-order valence-corrected chi connectivity index (χ1v) is 9.46. The van der Waals surface area contributed by atoms with Crippen molar-refractivity contribution in [1.29, 1.82) is 0 Å². The molecule has 0 amide bonds. The van der Waals surface area contributed by atoms with Gasteiger partial charge in [-0.05, 0) is 29.5 Å². The van der Waals surface area contributed by atoms with E-state index in [1.807, 2.05) is 42.5 Å². The lowest BCUT2D eigenvalue weighted by molar-refractivity contribution is -0.00128. The Morgan fingerprint density at radius 3 is 2.61 bits per heavy atom. The summed E-state index contributed by atoms with van der Waals surface area (Å²) in [5.41, 5.74) is 2.68. The largest absolute Gasteiger partial charge is 0.495 e. The maximum Gasteiger partial charge on any atom is 0.144 e. The predicted molar refractivity (Wildman–Crippen MR) is 107 cm³/mol. The minimum absolute atomic E-state index is 0.167. The first-order chi connectivity index (χ1) is 13.7. The van der Waals surface area contributed by atoms with Crippen molar-refractivity contribution in [2.45, 2.75) is 6.10 Å². The zero-order valence-electron chi connectivity index (χ0n) is 15.9. The summed E-state index contributed by atoms with van der Waals surface area (Å²) in [6.45, 7) is 4.26. The molecule has 1 fully saturated rings. The van der Waals surface area contributed by atoms with E-state index in [9.17, 15) is 5.11 Å². The van der Waals surface area contributed by atoms with Crippen LogP contribution in [-0.2, 0) is 0 Å². The molecule has 8 nitrogen and oxygen atoms in total. The Bertz CT molecular complexity index is 908. The Kier molecular flexibility index (Phi) is 5.59. The number of ether oxygens (including phenoxy) is 1. The van der Waals surface area contributed by atoms with Gasteiger partial charge in [0.25, 0.3) is 0 Å². The Balaban J connectivity index is 1.26. The highest BCUT2D eigenvalue weighted by Crippen LogP contribution is 2.28. The molecule has 0 bridgehead atoms. The highest BCUT2D eigenvalue weighted by Gasteiger charge is 2.21. The molecule has 0 unspecified atom stereocenters. The van der Waals surface area contributed by atoms with Gasteiger partial charge in [0.15, 0.2) is 0 Å². The molecular weight excluding hydrogens is 358 g/mol. The van der Waals surface area contributed by atoms with Crippen LogP contribution >= 0.6 is 0 Å². The number of β-amino-alcohol motifs (C(OH)–C–C–N with tert-alkyl or cyclic N) is 1. The van der Waals surface area contributed by atoms with Crippen LogP contribution < -0.4 is 14.5 Å². The van der Waals surface area contributed by atoms with E-state index in [4.69, 9.17) is 9.57 Å². The number of para-hydroxylation sites is 3. The van der Waals surface area contributed by atoms with E-state index in [1.54, 1.807) is 7.11 Å². The summed E-state index contributed by atoms with van der Waals surface area (Å²) in [4.78, 5) is 11.6. The number of hydrogen-bond acceptors (Lipinski definition) is 7. The van der Waals surface area contributed by atoms with Gasteiger partial charge < -0.3 is 19.6 Å². The lowest BCUT2D eigenvalue weighted by Crippen LogP contribution is -2.49. The number of aromatic nitrogens is 3. The zero-order valence-corrected chi connectivity index (χ0v) is 15.9. The first-order valence-electron chi connectivity index (χ1n) is 9.46. The number of aliphatic hydroxyl groups excluding tert-OH is 1. The van der Waals surface area contributed by atoms with Crippen molar-refractivity contribution in [2.24, 2.45) is 0 Å². The molecule has 4 rings (SSSR count). The molecule has 1 aromatic heterocycles. The van der Waals surface area contributed by atoms with Crippen LogP contribution in [0.5, 0.6) is 5.75 Å². The third-order valence-electron chi connectivity index (χ3n) is 4.98. The molecule has 8 heteroatoms. The smallest absolute Gasteiger partial charge is 0.144 e. The fraction of sp³-hybridized carbons (Fsp3) is 0.400. The third kappa shape index (κ3) is 4.02. The second kappa shape index (κ2) is 8.45. The van der Waals surface area contributed by atoms with Gasteiger partial charge in [-0.25, -0.2) is 0 Å². The average molecular weight is 383 g/mol. The van der Waals surface area contributed by atoms with Crippen LogP contribution in [0.3, 0.4) is 0 Å². The van der Waals surface area contributed by atoms with Gasteiger partial charge in [0, 0.05) is 32.7 Å². The highest BCUT2D eigenvalue weighted by molar-refractivity contribution is 5.73. The summed E-state index contributed by atoms with van der Waals surface area (Å²) >= 11 is 0. The summed E-state index contributed by atoms with van der Waals surface area (Å²) in [5.74, 6) is 0.893. The molecule has 1 N–H and O–H groups in total. The number of methoxy groups -OCH3 is 1. The second-order valence-corrected chi connectivity index (χ2v) is 6.86. The fourth-order valence-corrected chi connectivity index (χ4v) is 3.51. The number of fused-ring (bicyclic) bond motifs is 1. The molecule has 2 heterocycles. The van der Waals surface area contributed by atoms with Gasteiger partial charge in [0.2, 0.25) is 0 Å². The number of anilines is 1. The molecule has 0 spiro atoms. The minimum atomic E-state index is -0.597. The molecule has 0 radical (unpaired) electrons. The van der Waals surface area contributed by atoms with E-state index < -0.39 is 6.10 Å². The average Bonchev–Trinajstić information content (AvgIpc) is 3.16. The molecule has 1 atom stereocenters. The zero-order chi connectivity index (χ0) is 19.3. The van der Waals surface area contributed by atoms with Crippen LogP contribution in [0, 0.1) is 0 Å². The van der Waals surface area contributed by atoms with Gasteiger partial charge in [-0.2, -0.15) is 0 Å². The number of piperazine rings is 1. The minimum Gasteiger partial charge on any atom is -0.495 e. The van der Waals surface area contributed by atoms with Crippen molar-refractivity contribution < 1.29 is 14.7 Å². The first kappa shape index (κ1) is 18.5. The Morgan fingerprint density at radius 2 is 1.79 bits per heavy atom. The Hall–Kier alpha value is -2.84. The van der Waals surface area contributed by atoms with Crippen molar-refractivity contribution in [2.75, 3.05) is 51.3 Å². The standard InChI is InChI=1S/C20H25N5O3/c1-27-20-9-5-4-8-19(20)24-12-10-23(11-13-24)14-16(26)15-28-25-18-7-3-2-6-17(18)21-22-25/h2-9,16,26H,10-15H2,1H3/t16-/m1/s1. The number of aliphatic hydroxyl groups is 1. The number of rotatable bonds is 7. The number of nitrogens with zero attached hydrogens (tertiary/aromatic N) is 5. The van der Waals surface area contributed by atoms with E-state index in [2.05, 4.69) is 26.2 Å². The van der Waals surface area contributed by atoms with Gasteiger partial charge in [-0.3, -0.25) is 4.90 Å². The number of hydrogen-bond donors (Lipinski definition) is 1. The van der Waals surface area contributed by atoms with Crippen molar-refractivity contribution in [3.05, 3.63) is 48.5 Å². The number of benzene rings is 2. The van der Waals surface area contributed by atoms with E-state index in [1.165, 1.54) is 4.85 Å². The summed E-state index contributed by atoms with van der Waals surface area (Å²) in [7, 11) is 1.70. The van der Waals surface area contributed by atoms with Gasteiger partial charge >= 0.3 is 0 Å². The second-order valence-electron chi connectivity index (χ2n) is 6.86. The van der Waals surface area contributed by atoms with Crippen LogP contribution in [0.2, 0.25) is 0 Å². The molecule has 1 aliphatic heterocycles. The third-order valence-corrected chi connectivity index (χ3v) is 4.98. The molecule has 0 saturated carbocycles. The SMILES string of the molecule is COc1ccccc1N1CCN(C[C@@H](O)COn2nnc3ccccc32)CC1. The maximum atomic E-state index is 10.4. The van der Waals surface area contributed by atoms with E-state index in [0.29, 0.717) is 6.54 Å². The van der Waals surface area contributed by atoms with E-state index >= 15 is 0 Å². The fourth-order valence-electron chi connectivity index (χ4n) is 3.51. The normalized spacial score (nSPS) is 16.3. The molecular formula is C20H25N5O3. The molecule has 2 aromatic carbocycles. The highest BCUT2D eigenvalue weighted by atomic mass is 16.7. The predicted octanol–water partition coefficient (Wildman–Crippen LogP) is 1.05. The monoisotopic (exact) mass is 383 g/mol. The topological polar surface area (TPSA) is 75.9 Å². The molecule has 1 aliphatic rings. The summed E-state index contributed by atoms with van der Waals surface area (Å²) in [6, 6.07) is 15.6. The summed E-state index contributed by atoms with van der Waals surface area (Å²) in [5, 5.41) is 18.4. The van der Waals surface area contributed by atoms with Crippen LogP contribution in [0.15, 0.2) is 48.5 Å². The molecule has 148 valence electrons. The Morgan fingerprint density at radius 1 is 1.04 bits per heavy atom. The lowest BCUT2D eigenvalue weighted by Gasteiger charge is -2.37. The Labute approximate surface area is 163 Å². The lowest BCUT2D eigenvalue weighted by atomic mass is 10.2. The van der Waals surface area contributed by atoms with Crippen LogP contribution in [0.25, 0.3) is 11.0 Å². The van der Waals surface area contributed by atoms with Crippen molar-refractivity contribution in [3.8, 4) is 5.75 Å². The van der Waals surface area contributed by atoms with Gasteiger partial charge in [0.1, 0.15) is 29.5 Å². The van der Waals surface area contributed by atoms with Gasteiger partial charge in [-0.15, -0.1) is 5.10 Å². The van der Waals surface area contributed by atoms with Crippen LogP contribution in [-0.4, -0.2) is 77.7 Å². The summed E-state index contributed by atoms with van der Waals surface area (Å²) in [6.07, 6.45) is -0.597. The van der Waals surface area contributed by atoms with Gasteiger partial charge in [0.05, 0.1) is 12.8 Å².